The zero-order valence-corrected chi connectivity index (χ0v) is 20.2. The van der Waals surface area contributed by atoms with E-state index in [9.17, 15) is 19.2 Å². The molecule has 36 heavy (non-hydrogen) atoms. The number of aliphatic hydroxyl groups excluding tert-OH is 1. The molecule has 0 saturated carbocycles. The Balaban J connectivity index is 1.32. The minimum atomic E-state index is -0.998. The number of aliphatic hydroxyl groups is 1. The molecule has 1 atom stereocenters. The lowest BCUT2D eigenvalue weighted by atomic mass is 10.0. The smallest absolute Gasteiger partial charge is 0.264 e. The van der Waals surface area contributed by atoms with Crippen LogP contribution in [0.15, 0.2) is 18.2 Å². The fraction of sp³-hybridized carbons (Fsp3) is 0.583. The number of carbonyl (C=O) groups is 4. The van der Waals surface area contributed by atoms with Gasteiger partial charge in [0.25, 0.3) is 11.8 Å². The van der Waals surface area contributed by atoms with Crippen LogP contribution >= 0.6 is 0 Å². The highest BCUT2D eigenvalue weighted by Gasteiger charge is 2.45. The topological polar surface area (TPSA) is 153 Å². The van der Waals surface area contributed by atoms with Crippen molar-refractivity contribution in [2.45, 2.75) is 25.3 Å². The van der Waals surface area contributed by atoms with E-state index in [1.165, 1.54) is 0 Å². The maximum atomic E-state index is 13.0. The highest BCUT2D eigenvalue weighted by atomic mass is 16.5. The number of nitrogens with one attached hydrogen (secondary N) is 2. The van der Waals surface area contributed by atoms with Gasteiger partial charge in [0.1, 0.15) is 6.04 Å². The second-order valence-electron chi connectivity index (χ2n) is 8.13. The number of fused-ring (bicyclic) bond motifs is 1. The number of hydrogen-bond donors (Lipinski definition) is 3. The third kappa shape index (κ3) is 7.55. The summed E-state index contributed by atoms with van der Waals surface area (Å²) in [4.78, 5) is 50.5. The molecule has 12 nitrogen and oxygen atoms in total. The Morgan fingerprint density at radius 2 is 1.56 bits per heavy atom. The lowest BCUT2D eigenvalue weighted by Gasteiger charge is -2.27. The number of carbonyl (C=O) groups excluding carboxylic acids is 4. The molecule has 0 bridgehead atoms. The molecule has 3 rings (SSSR count). The first-order valence-corrected chi connectivity index (χ1v) is 12.0. The zero-order chi connectivity index (χ0) is 25.8. The lowest BCUT2D eigenvalue weighted by molar-refractivity contribution is -0.136. The normalized spacial score (nSPS) is 17.5. The predicted molar refractivity (Wildman–Crippen MR) is 127 cm³/mol. The molecular formula is C24H33N3O9. The van der Waals surface area contributed by atoms with E-state index in [1.54, 1.807) is 18.2 Å². The number of imide groups is 2. The number of anilines is 1. The van der Waals surface area contributed by atoms with Crippen LogP contribution in [0.3, 0.4) is 0 Å². The van der Waals surface area contributed by atoms with Crippen molar-refractivity contribution >= 4 is 29.3 Å². The van der Waals surface area contributed by atoms with Gasteiger partial charge in [-0.3, -0.25) is 29.4 Å². The minimum absolute atomic E-state index is 0.0208. The Kier molecular flexibility index (Phi) is 11.2. The SMILES string of the molecule is O=C1CCC(N2C(=O)c3cccc(NCCOCCOCCOCCCOCCO)c3C2=O)C(=O)N1. The average molecular weight is 508 g/mol. The van der Waals surface area contributed by atoms with Gasteiger partial charge in [0.2, 0.25) is 11.8 Å². The fourth-order valence-corrected chi connectivity index (χ4v) is 3.89. The van der Waals surface area contributed by atoms with E-state index >= 15 is 0 Å². The second-order valence-corrected chi connectivity index (χ2v) is 8.13. The van der Waals surface area contributed by atoms with Gasteiger partial charge in [0.05, 0.1) is 57.4 Å². The van der Waals surface area contributed by atoms with Gasteiger partial charge < -0.3 is 29.4 Å². The Morgan fingerprint density at radius 1 is 0.889 bits per heavy atom. The minimum Gasteiger partial charge on any atom is -0.394 e. The molecular weight excluding hydrogens is 474 g/mol. The van der Waals surface area contributed by atoms with E-state index in [0.29, 0.717) is 65.1 Å². The standard InChI is InChI=1S/C24H33N3O9/c28-8-12-33-9-2-10-34-13-15-36-16-14-35-11-7-25-18-4-1-3-17-21(18)24(32)27(23(17)31)19-5-6-20(29)26-22(19)30/h1,3-4,19,25,28H,2,5-16H2,(H,26,29,30). The van der Waals surface area contributed by atoms with Crippen molar-refractivity contribution < 1.29 is 43.2 Å². The molecule has 3 N–H and O–H groups in total. The molecule has 1 unspecified atom stereocenters. The quantitative estimate of drug-likeness (QED) is 0.193. The summed E-state index contributed by atoms with van der Waals surface area (Å²) in [5.74, 6) is -2.14. The van der Waals surface area contributed by atoms with E-state index in [-0.39, 0.29) is 30.6 Å². The van der Waals surface area contributed by atoms with Gasteiger partial charge in [-0.2, -0.15) is 0 Å². The molecule has 2 heterocycles. The lowest BCUT2D eigenvalue weighted by Crippen LogP contribution is -2.54. The monoisotopic (exact) mass is 507 g/mol. The highest BCUT2D eigenvalue weighted by molar-refractivity contribution is 6.25. The summed E-state index contributed by atoms with van der Waals surface area (Å²) in [5, 5.41) is 13.9. The highest BCUT2D eigenvalue weighted by Crippen LogP contribution is 2.32. The average Bonchev–Trinajstić information content (AvgIpc) is 3.12. The van der Waals surface area contributed by atoms with E-state index in [0.717, 1.165) is 11.3 Å². The van der Waals surface area contributed by atoms with Crippen LogP contribution in [0.1, 0.15) is 40.0 Å². The van der Waals surface area contributed by atoms with E-state index in [2.05, 4.69) is 10.6 Å². The Labute approximate surface area is 209 Å². The maximum absolute atomic E-state index is 13.0. The first-order chi connectivity index (χ1) is 17.5. The molecule has 12 heteroatoms. The van der Waals surface area contributed by atoms with Gasteiger partial charge in [-0.25, -0.2) is 0 Å². The van der Waals surface area contributed by atoms with E-state index < -0.39 is 29.7 Å². The third-order valence-electron chi connectivity index (χ3n) is 5.59. The van der Waals surface area contributed by atoms with Crippen LogP contribution < -0.4 is 10.6 Å². The van der Waals surface area contributed by atoms with E-state index in [1.807, 2.05) is 0 Å². The molecule has 0 spiro atoms. The summed E-state index contributed by atoms with van der Waals surface area (Å²) in [6.07, 6.45) is 0.946. The number of piperidine rings is 1. The Morgan fingerprint density at radius 3 is 2.25 bits per heavy atom. The van der Waals surface area contributed by atoms with Crippen LogP contribution in [0, 0.1) is 0 Å². The van der Waals surface area contributed by atoms with Crippen molar-refractivity contribution in [2.24, 2.45) is 0 Å². The molecule has 2 aliphatic rings. The number of nitrogens with zero attached hydrogens (tertiary/aromatic N) is 1. The number of hydrogen-bond acceptors (Lipinski definition) is 10. The van der Waals surface area contributed by atoms with Crippen LogP contribution in [0.25, 0.3) is 0 Å². The molecule has 1 fully saturated rings. The molecule has 0 radical (unpaired) electrons. The molecule has 198 valence electrons. The van der Waals surface area contributed by atoms with Crippen molar-refractivity contribution in [2.75, 3.05) is 71.3 Å². The summed E-state index contributed by atoms with van der Waals surface area (Å²) < 4.78 is 21.5. The van der Waals surface area contributed by atoms with Gasteiger partial charge in [-0.05, 0) is 25.0 Å². The number of amides is 4. The Bertz CT molecular complexity index is 924. The zero-order valence-electron chi connectivity index (χ0n) is 20.2. The van der Waals surface area contributed by atoms with Gasteiger partial charge in [0.15, 0.2) is 0 Å². The van der Waals surface area contributed by atoms with Crippen molar-refractivity contribution in [3.63, 3.8) is 0 Å². The summed E-state index contributed by atoms with van der Waals surface area (Å²) in [6.45, 7) is 3.98. The van der Waals surface area contributed by atoms with Crippen LogP contribution in [-0.2, 0) is 28.5 Å². The summed E-state index contributed by atoms with van der Waals surface area (Å²) in [7, 11) is 0. The van der Waals surface area contributed by atoms with Gasteiger partial charge in [-0.15, -0.1) is 0 Å². The maximum Gasteiger partial charge on any atom is 0.264 e. The third-order valence-corrected chi connectivity index (χ3v) is 5.59. The van der Waals surface area contributed by atoms with Crippen molar-refractivity contribution in [1.29, 1.82) is 0 Å². The van der Waals surface area contributed by atoms with Crippen molar-refractivity contribution in [3.8, 4) is 0 Å². The molecule has 2 aliphatic heterocycles. The first-order valence-electron chi connectivity index (χ1n) is 12.0. The van der Waals surface area contributed by atoms with Gasteiger partial charge in [0, 0.05) is 31.9 Å². The number of benzene rings is 1. The number of ether oxygens (including phenoxy) is 4. The molecule has 0 aliphatic carbocycles. The molecule has 1 saturated heterocycles. The molecule has 0 aromatic heterocycles. The second kappa shape index (κ2) is 14.6. The molecule has 1 aromatic carbocycles. The van der Waals surface area contributed by atoms with Crippen LogP contribution in [-0.4, -0.2) is 106 Å². The van der Waals surface area contributed by atoms with Crippen molar-refractivity contribution in [1.82, 2.24) is 10.2 Å². The van der Waals surface area contributed by atoms with Gasteiger partial charge >= 0.3 is 0 Å². The van der Waals surface area contributed by atoms with E-state index in [4.69, 9.17) is 24.1 Å². The summed E-state index contributed by atoms with van der Waals surface area (Å²) in [6, 6.07) is 3.91. The number of rotatable bonds is 17. The van der Waals surface area contributed by atoms with Crippen molar-refractivity contribution in [3.05, 3.63) is 29.3 Å². The molecule has 4 amide bonds. The van der Waals surface area contributed by atoms with Crippen LogP contribution in [0.4, 0.5) is 5.69 Å². The summed E-state index contributed by atoms with van der Waals surface area (Å²) in [5.41, 5.74) is 0.929. The molecule has 1 aromatic rings. The van der Waals surface area contributed by atoms with Crippen LogP contribution in [0.2, 0.25) is 0 Å². The predicted octanol–water partition coefficient (Wildman–Crippen LogP) is -0.0515. The van der Waals surface area contributed by atoms with Crippen LogP contribution in [0.5, 0.6) is 0 Å². The Hall–Kier alpha value is -2.90. The first kappa shape index (κ1) is 27.7. The largest absolute Gasteiger partial charge is 0.394 e. The summed E-state index contributed by atoms with van der Waals surface area (Å²) >= 11 is 0. The fourth-order valence-electron chi connectivity index (χ4n) is 3.89. The van der Waals surface area contributed by atoms with Gasteiger partial charge in [-0.1, -0.05) is 6.07 Å².